The molecule has 1 aromatic carbocycles. The van der Waals surface area contributed by atoms with Crippen LogP contribution in [0.25, 0.3) is 0 Å². The van der Waals surface area contributed by atoms with Gasteiger partial charge in [0.05, 0.1) is 0 Å². The lowest BCUT2D eigenvalue weighted by Gasteiger charge is -2.16. The summed E-state index contributed by atoms with van der Waals surface area (Å²) in [7, 11) is 0. The molecule has 0 aliphatic carbocycles. The second-order valence-electron chi connectivity index (χ2n) is 3.87. The van der Waals surface area contributed by atoms with Crippen molar-refractivity contribution in [1.29, 1.82) is 0 Å². The van der Waals surface area contributed by atoms with Gasteiger partial charge in [0, 0.05) is 18.3 Å². The van der Waals surface area contributed by atoms with Crippen LogP contribution < -0.4 is 10.6 Å². The van der Waals surface area contributed by atoms with Crippen molar-refractivity contribution in [3.8, 4) is 0 Å². The summed E-state index contributed by atoms with van der Waals surface area (Å²) >= 11 is 1.75. The van der Waals surface area contributed by atoms with Gasteiger partial charge in [0.2, 0.25) is 0 Å². The fourth-order valence-electron chi connectivity index (χ4n) is 1.48. The summed E-state index contributed by atoms with van der Waals surface area (Å²) < 4.78 is 0. The molecule has 3 nitrogen and oxygen atoms in total. The van der Waals surface area contributed by atoms with E-state index in [-0.39, 0.29) is 12.1 Å². The molecule has 0 aliphatic heterocycles. The molecule has 0 saturated heterocycles. The number of hydrogen-bond donors (Lipinski definition) is 2. The topological polar surface area (TPSA) is 41.1 Å². The minimum Gasteiger partial charge on any atom is -0.335 e. The van der Waals surface area contributed by atoms with Crippen molar-refractivity contribution in [2.45, 2.75) is 25.9 Å². The van der Waals surface area contributed by atoms with Crippen LogP contribution in [0.2, 0.25) is 0 Å². The van der Waals surface area contributed by atoms with Crippen LogP contribution >= 0.6 is 11.8 Å². The van der Waals surface area contributed by atoms with E-state index in [0.29, 0.717) is 6.54 Å². The van der Waals surface area contributed by atoms with Crippen molar-refractivity contribution in [3.63, 3.8) is 0 Å². The van der Waals surface area contributed by atoms with E-state index in [0.717, 1.165) is 17.7 Å². The van der Waals surface area contributed by atoms with E-state index in [2.05, 4.69) is 17.6 Å². The lowest BCUT2D eigenvalue weighted by atomic mass is 10.2. The second kappa shape index (κ2) is 8.01. The third kappa shape index (κ3) is 5.63. The summed E-state index contributed by atoms with van der Waals surface area (Å²) in [5.41, 5.74) is 1.11. The first-order valence-corrected chi connectivity index (χ1v) is 7.22. The number of carbonyl (C=O) groups excluding carboxylic acids is 1. The summed E-state index contributed by atoms with van der Waals surface area (Å²) in [6.45, 7) is 2.65. The van der Waals surface area contributed by atoms with Crippen molar-refractivity contribution in [2.24, 2.45) is 0 Å². The molecule has 1 unspecified atom stereocenters. The molecule has 0 bridgehead atoms. The summed E-state index contributed by atoms with van der Waals surface area (Å²) in [6.07, 6.45) is 3.01. The Morgan fingerprint density at radius 3 is 2.65 bits per heavy atom. The van der Waals surface area contributed by atoms with Crippen LogP contribution in [0, 0.1) is 0 Å². The third-order valence-electron chi connectivity index (χ3n) is 2.49. The van der Waals surface area contributed by atoms with E-state index in [1.807, 2.05) is 36.6 Å². The molecule has 0 spiro atoms. The SMILES string of the molecule is CCC(CSC)NC(=O)NCc1ccccc1. The predicted octanol–water partition coefficient (Wildman–Crippen LogP) is 2.63. The van der Waals surface area contributed by atoms with Crippen LogP contribution in [0.4, 0.5) is 4.79 Å². The first-order chi connectivity index (χ1) is 8.26. The maximum absolute atomic E-state index is 11.6. The molecular formula is C13H20N2OS. The van der Waals surface area contributed by atoms with Gasteiger partial charge in [-0.15, -0.1) is 0 Å². The minimum atomic E-state index is -0.0882. The maximum atomic E-state index is 11.6. The third-order valence-corrected chi connectivity index (χ3v) is 3.23. The van der Waals surface area contributed by atoms with Gasteiger partial charge in [0.15, 0.2) is 0 Å². The molecule has 17 heavy (non-hydrogen) atoms. The van der Waals surface area contributed by atoms with E-state index in [4.69, 9.17) is 0 Å². The lowest BCUT2D eigenvalue weighted by molar-refractivity contribution is 0.237. The molecular weight excluding hydrogens is 232 g/mol. The smallest absolute Gasteiger partial charge is 0.315 e. The molecule has 94 valence electrons. The molecule has 0 heterocycles. The molecule has 0 fully saturated rings. The molecule has 1 atom stereocenters. The highest BCUT2D eigenvalue weighted by Gasteiger charge is 2.08. The summed E-state index contributed by atoms with van der Waals surface area (Å²) in [4.78, 5) is 11.6. The Labute approximate surface area is 107 Å². The van der Waals surface area contributed by atoms with Gasteiger partial charge in [-0.3, -0.25) is 0 Å². The normalized spacial score (nSPS) is 11.9. The summed E-state index contributed by atoms with van der Waals surface area (Å²) in [5, 5.41) is 5.83. The van der Waals surface area contributed by atoms with Crippen molar-refractivity contribution < 1.29 is 4.79 Å². The first-order valence-electron chi connectivity index (χ1n) is 5.83. The van der Waals surface area contributed by atoms with E-state index >= 15 is 0 Å². The highest BCUT2D eigenvalue weighted by atomic mass is 32.2. The maximum Gasteiger partial charge on any atom is 0.315 e. The van der Waals surface area contributed by atoms with E-state index < -0.39 is 0 Å². The van der Waals surface area contributed by atoms with Crippen molar-refractivity contribution >= 4 is 17.8 Å². The van der Waals surface area contributed by atoms with Crippen LogP contribution in [0.15, 0.2) is 30.3 Å². The van der Waals surface area contributed by atoms with Crippen molar-refractivity contribution in [3.05, 3.63) is 35.9 Å². The standard InChI is InChI=1S/C13H20N2OS/c1-3-12(10-17-2)15-13(16)14-9-11-7-5-4-6-8-11/h4-8,12H,3,9-10H2,1-2H3,(H2,14,15,16). The number of urea groups is 1. The molecule has 2 amide bonds. The Hall–Kier alpha value is -1.16. The minimum absolute atomic E-state index is 0.0882. The average Bonchev–Trinajstić information content (AvgIpc) is 2.37. The number of hydrogen-bond acceptors (Lipinski definition) is 2. The molecule has 1 aromatic rings. The van der Waals surface area contributed by atoms with Gasteiger partial charge in [-0.25, -0.2) is 4.79 Å². The quantitative estimate of drug-likeness (QED) is 0.817. The predicted molar refractivity (Wildman–Crippen MR) is 74.3 cm³/mol. The van der Waals surface area contributed by atoms with Gasteiger partial charge in [0.25, 0.3) is 0 Å². The summed E-state index contributed by atoms with van der Waals surface area (Å²) in [6, 6.07) is 10.1. The van der Waals surface area contributed by atoms with Crippen LogP contribution in [-0.4, -0.2) is 24.1 Å². The average molecular weight is 252 g/mol. The zero-order valence-electron chi connectivity index (χ0n) is 10.4. The van der Waals surface area contributed by atoms with Crippen LogP contribution in [0.3, 0.4) is 0 Å². The Balaban J connectivity index is 2.30. The number of carbonyl (C=O) groups is 1. The Bertz CT molecular complexity index is 329. The van der Waals surface area contributed by atoms with Crippen LogP contribution in [-0.2, 0) is 6.54 Å². The number of benzene rings is 1. The van der Waals surface area contributed by atoms with E-state index in [1.165, 1.54) is 0 Å². The molecule has 0 saturated carbocycles. The van der Waals surface area contributed by atoms with Crippen molar-refractivity contribution in [2.75, 3.05) is 12.0 Å². The van der Waals surface area contributed by atoms with Crippen LogP contribution in [0.1, 0.15) is 18.9 Å². The van der Waals surface area contributed by atoms with Gasteiger partial charge in [-0.1, -0.05) is 37.3 Å². The zero-order valence-corrected chi connectivity index (χ0v) is 11.2. The number of nitrogens with one attached hydrogen (secondary N) is 2. The Morgan fingerprint density at radius 1 is 1.35 bits per heavy atom. The van der Waals surface area contributed by atoms with Crippen LogP contribution in [0.5, 0.6) is 0 Å². The van der Waals surface area contributed by atoms with E-state index in [1.54, 1.807) is 11.8 Å². The van der Waals surface area contributed by atoms with E-state index in [9.17, 15) is 4.79 Å². The van der Waals surface area contributed by atoms with Gasteiger partial charge >= 0.3 is 6.03 Å². The Morgan fingerprint density at radius 2 is 2.06 bits per heavy atom. The number of rotatable bonds is 6. The van der Waals surface area contributed by atoms with Gasteiger partial charge in [-0.05, 0) is 18.2 Å². The second-order valence-corrected chi connectivity index (χ2v) is 4.78. The molecule has 2 N–H and O–H groups in total. The zero-order chi connectivity index (χ0) is 12.5. The fourth-order valence-corrected chi connectivity index (χ4v) is 2.20. The Kier molecular flexibility index (Phi) is 6.55. The van der Waals surface area contributed by atoms with Crippen molar-refractivity contribution in [1.82, 2.24) is 10.6 Å². The number of thioether (sulfide) groups is 1. The lowest BCUT2D eigenvalue weighted by Crippen LogP contribution is -2.42. The highest BCUT2D eigenvalue weighted by Crippen LogP contribution is 2.01. The highest BCUT2D eigenvalue weighted by molar-refractivity contribution is 7.98. The largest absolute Gasteiger partial charge is 0.335 e. The molecule has 1 rings (SSSR count). The summed E-state index contributed by atoms with van der Waals surface area (Å²) in [5.74, 6) is 0.954. The van der Waals surface area contributed by atoms with Gasteiger partial charge in [-0.2, -0.15) is 11.8 Å². The molecule has 0 aromatic heterocycles. The molecule has 4 heteroatoms. The fraction of sp³-hybridized carbons (Fsp3) is 0.462. The van der Waals surface area contributed by atoms with Gasteiger partial charge in [0.1, 0.15) is 0 Å². The number of amides is 2. The first kappa shape index (κ1) is 13.9. The monoisotopic (exact) mass is 252 g/mol. The molecule has 0 aliphatic rings. The molecule has 0 radical (unpaired) electrons. The van der Waals surface area contributed by atoms with Gasteiger partial charge < -0.3 is 10.6 Å².